The van der Waals surface area contributed by atoms with Gasteiger partial charge < -0.3 is 10.1 Å². The van der Waals surface area contributed by atoms with Crippen LogP contribution in [0, 0.1) is 5.41 Å². The maximum absolute atomic E-state index is 11.3. The van der Waals surface area contributed by atoms with Gasteiger partial charge >= 0.3 is 5.97 Å². The van der Waals surface area contributed by atoms with Crippen LogP contribution >= 0.6 is 0 Å². The van der Waals surface area contributed by atoms with Gasteiger partial charge in [0.15, 0.2) is 0 Å². The Bertz CT molecular complexity index is 189. The molecule has 1 saturated heterocycles. The number of carbonyl (C=O) groups is 1. The fourth-order valence-electron chi connectivity index (χ4n) is 1.53. The van der Waals surface area contributed by atoms with Gasteiger partial charge in [-0.05, 0) is 13.0 Å². The van der Waals surface area contributed by atoms with Gasteiger partial charge in [0.2, 0.25) is 0 Å². The molecule has 76 valence electrons. The minimum atomic E-state index is -0.112. The first kappa shape index (κ1) is 10.5. The summed E-state index contributed by atoms with van der Waals surface area (Å²) in [7, 11) is 0. The van der Waals surface area contributed by atoms with Crippen molar-refractivity contribution in [1.29, 1.82) is 0 Å². The molecule has 0 aromatic heterocycles. The van der Waals surface area contributed by atoms with Gasteiger partial charge in [0.25, 0.3) is 0 Å². The minimum absolute atomic E-state index is 0.0508. The molecule has 1 rings (SSSR count). The highest BCUT2D eigenvalue weighted by atomic mass is 16.5. The predicted molar refractivity (Wildman–Crippen MR) is 51.4 cm³/mol. The lowest BCUT2D eigenvalue weighted by Crippen LogP contribution is -2.43. The number of ether oxygens (including phenoxy) is 1. The van der Waals surface area contributed by atoms with Crippen LogP contribution < -0.4 is 5.32 Å². The van der Waals surface area contributed by atoms with Crippen molar-refractivity contribution in [3.05, 3.63) is 0 Å². The van der Waals surface area contributed by atoms with E-state index in [0.29, 0.717) is 6.61 Å². The normalized spacial score (nSPS) is 26.1. The first-order valence-electron chi connectivity index (χ1n) is 4.98. The lowest BCUT2D eigenvalue weighted by atomic mass is 9.87. The van der Waals surface area contributed by atoms with Crippen LogP contribution in [0.5, 0.6) is 0 Å². The van der Waals surface area contributed by atoms with E-state index < -0.39 is 0 Å². The van der Waals surface area contributed by atoms with Crippen molar-refractivity contribution in [1.82, 2.24) is 5.32 Å². The van der Waals surface area contributed by atoms with Crippen molar-refractivity contribution in [2.24, 2.45) is 5.41 Å². The number of esters is 1. The summed E-state index contributed by atoms with van der Waals surface area (Å²) >= 11 is 0. The minimum Gasteiger partial charge on any atom is -0.464 e. The molecule has 1 fully saturated rings. The molecule has 0 spiro atoms. The molecule has 0 aliphatic carbocycles. The van der Waals surface area contributed by atoms with Crippen LogP contribution in [0.2, 0.25) is 0 Å². The number of hydrogen-bond donors (Lipinski definition) is 1. The topological polar surface area (TPSA) is 38.3 Å². The van der Waals surface area contributed by atoms with E-state index in [1.54, 1.807) is 0 Å². The van der Waals surface area contributed by atoms with E-state index in [1.807, 2.05) is 0 Å². The van der Waals surface area contributed by atoms with Gasteiger partial charge in [0, 0.05) is 5.41 Å². The summed E-state index contributed by atoms with van der Waals surface area (Å²) < 4.78 is 5.01. The number of unbranched alkanes of at least 4 members (excludes halogenated alkanes) is 1. The second kappa shape index (κ2) is 4.09. The smallest absolute Gasteiger partial charge is 0.323 e. The SMILES string of the molecule is CCCCNC1C(=O)OCC1(C)C. The Kier molecular flexibility index (Phi) is 3.31. The van der Waals surface area contributed by atoms with E-state index >= 15 is 0 Å². The number of carbonyl (C=O) groups excluding carboxylic acids is 1. The molecule has 0 aromatic rings. The Morgan fingerprint density at radius 2 is 2.31 bits per heavy atom. The Balaban J connectivity index is 2.41. The summed E-state index contributed by atoms with van der Waals surface area (Å²) in [4.78, 5) is 11.3. The van der Waals surface area contributed by atoms with E-state index in [2.05, 4.69) is 26.1 Å². The molecule has 0 bridgehead atoms. The van der Waals surface area contributed by atoms with Crippen molar-refractivity contribution in [2.45, 2.75) is 39.7 Å². The molecule has 0 amide bonds. The summed E-state index contributed by atoms with van der Waals surface area (Å²) in [5, 5.41) is 3.25. The molecule has 1 N–H and O–H groups in total. The molecule has 1 heterocycles. The third-order valence-corrected chi connectivity index (χ3v) is 2.48. The quantitative estimate of drug-likeness (QED) is 0.530. The summed E-state index contributed by atoms with van der Waals surface area (Å²) in [5.74, 6) is -0.0962. The van der Waals surface area contributed by atoms with Gasteiger partial charge in [0.1, 0.15) is 6.04 Å². The monoisotopic (exact) mass is 185 g/mol. The highest BCUT2D eigenvalue weighted by Gasteiger charge is 2.42. The van der Waals surface area contributed by atoms with Crippen molar-refractivity contribution in [3.8, 4) is 0 Å². The number of cyclic esters (lactones) is 1. The van der Waals surface area contributed by atoms with Gasteiger partial charge in [-0.25, -0.2) is 0 Å². The summed E-state index contributed by atoms with van der Waals surface area (Å²) in [6.07, 6.45) is 2.26. The zero-order chi connectivity index (χ0) is 9.90. The second-order valence-electron chi connectivity index (χ2n) is 4.34. The van der Waals surface area contributed by atoms with Crippen molar-refractivity contribution in [3.63, 3.8) is 0 Å². The van der Waals surface area contributed by atoms with E-state index in [0.717, 1.165) is 19.4 Å². The second-order valence-corrected chi connectivity index (χ2v) is 4.34. The molecule has 1 aliphatic heterocycles. The van der Waals surface area contributed by atoms with Crippen LogP contribution in [0.4, 0.5) is 0 Å². The number of nitrogens with one attached hydrogen (secondary N) is 1. The molecule has 0 radical (unpaired) electrons. The number of rotatable bonds is 4. The van der Waals surface area contributed by atoms with Crippen LogP contribution in [-0.4, -0.2) is 25.2 Å². The molecule has 3 heteroatoms. The van der Waals surface area contributed by atoms with Crippen LogP contribution in [-0.2, 0) is 9.53 Å². The van der Waals surface area contributed by atoms with Crippen molar-refractivity contribution >= 4 is 5.97 Å². The summed E-state index contributed by atoms with van der Waals surface area (Å²) in [5.41, 5.74) is -0.0508. The molecule has 3 nitrogen and oxygen atoms in total. The molecule has 0 aromatic carbocycles. The highest BCUT2D eigenvalue weighted by Crippen LogP contribution is 2.28. The summed E-state index contributed by atoms with van der Waals surface area (Å²) in [6.45, 7) is 7.69. The van der Waals surface area contributed by atoms with Crippen LogP contribution in [0.1, 0.15) is 33.6 Å². The highest BCUT2D eigenvalue weighted by molar-refractivity contribution is 5.78. The van der Waals surface area contributed by atoms with Gasteiger partial charge in [-0.1, -0.05) is 27.2 Å². The van der Waals surface area contributed by atoms with E-state index in [1.165, 1.54) is 0 Å². The Labute approximate surface area is 79.8 Å². The largest absolute Gasteiger partial charge is 0.464 e. The lowest BCUT2D eigenvalue weighted by molar-refractivity contribution is -0.139. The molecule has 13 heavy (non-hydrogen) atoms. The lowest BCUT2D eigenvalue weighted by Gasteiger charge is -2.22. The van der Waals surface area contributed by atoms with Crippen LogP contribution in [0.15, 0.2) is 0 Å². The maximum Gasteiger partial charge on any atom is 0.323 e. The molecule has 1 atom stereocenters. The van der Waals surface area contributed by atoms with Crippen LogP contribution in [0.25, 0.3) is 0 Å². The standard InChI is InChI=1S/C10H19NO2/c1-4-5-6-11-8-9(12)13-7-10(8,2)3/h8,11H,4-7H2,1-3H3. The number of hydrogen-bond acceptors (Lipinski definition) is 3. The van der Waals surface area contributed by atoms with E-state index in [4.69, 9.17) is 4.74 Å². The first-order valence-corrected chi connectivity index (χ1v) is 4.98. The molecule has 1 unspecified atom stereocenters. The first-order chi connectivity index (χ1) is 6.08. The zero-order valence-corrected chi connectivity index (χ0v) is 8.72. The predicted octanol–water partition coefficient (Wildman–Crippen LogP) is 1.33. The maximum atomic E-state index is 11.3. The van der Waals surface area contributed by atoms with Crippen molar-refractivity contribution < 1.29 is 9.53 Å². The Morgan fingerprint density at radius 1 is 1.62 bits per heavy atom. The van der Waals surface area contributed by atoms with E-state index in [9.17, 15) is 4.79 Å². The van der Waals surface area contributed by atoms with Gasteiger partial charge in [-0.2, -0.15) is 0 Å². The zero-order valence-electron chi connectivity index (χ0n) is 8.72. The summed E-state index contributed by atoms with van der Waals surface area (Å²) in [6, 6.07) is -0.112. The van der Waals surface area contributed by atoms with Gasteiger partial charge in [-0.3, -0.25) is 4.79 Å². The fraction of sp³-hybridized carbons (Fsp3) is 0.900. The third kappa shape index (κ3) is 2.44. The van der Waals surface area contributed by atoms with Crippen LogP contribution in [0.3, 0.4) is 0 Å². The Morgan fingerprint density at radius 3 is 2.77 bits per heavy atom. The van der Waals surface area contributed by atoms with Gasteiger partial charge in [-0.15, -0.1) is 0 Å². The average Bonchev–Trinajstić information content (AvgIpc) is 2.31. The average molecular weight is 185 g/mol. The van der Waals surface area contributed by atoms with E-state index in [-0.39, 0.29) is 17.4 Å². The fourth-order valence-corrected chi connectivity index (χ4v) is 1.53. The Hall–Kier alpha value is -0.570. The van der Waals surface area contributed by atoms with Gasteiger partial charge in [0.05, 0.1) is 6.61 Å². The van der Waals surface area contributed by atoms with Crippen molar-refractivity contribution in [2.75, 3.05) is 13.2 Å². The molecule has 0 saturated carbocycles. The molecular weight excluding hydrogens is 166 g/mol. The third-order valence-electron chi connectivity index (χ3n) is 2.48. The molecule has 1 aliphatic rings. The molecular formula is C10H19NO2.